The van der Waals surface area contributed by atoms with Crippen LogP contribution in [0, 0.1) is 17.4 Å². The highest BCUT2D eigenvalue weighted by Gasteiger charge is 2.23. The van der Waals surface area contributed by atoms with Gasteiger partial charge in [0.2, 0.25) is 5.91 Å². The van der Waals surface area contributed by atoms with Crippen LogP contribution in [0.4, 0.5) is 0 Å². The van der Waals surface area contributed by atoms with Crippen molar-refractivity contribution in [2.24, 2.45) is 17.1 Å². The van der Waals surface area contributed by atoms with Gasteiger partial charge in [0, 0.05) is 5.92 Å². The second kappa shape index (κ2) is 4.18. The van der Waals surface area contributed by atoms with Crippen LogP contribution < -0.4 is 5.43 Å². The molecule has 2 N–H and O–H groups in total. The van der Waals surface area contributed by atoms with E-state index in [4.69, 9.17) is 5.53 Å². The highest BCUT2D eigenvalue weighted by molar-refractivity contribution is 5.78. The third-order valence-electron chi connectivity index (χ3n) is 2.55. The molecule has 0 bridgehead atoms. The molecule has 0 aliphatic heterocycles. The molecule has 0 atom stereocenters. The predicted molar refractivity (Wildman–Crippen MR) is 44.4 cm³/mol. The van der Waals surface area contributed by atoms with Gasteiger partial charge in [-0.05, 0) is 31.6 Å². The molecule has 4 nitrogen and oxygen atoms in total. The summed E-state index contributed by atoms with van der Waals surface area (Å²) in [5.74, 6) is 0.759. The van der Waals surface area contributed by atoms with Gasteiger partial charge in [-0.25, -0.2) is 5.43 Å². The lowest BCUT2D eigenvalue weighted by atomic mass is 9.83. The number of nitrogens with zero attached hydrogens (tertiary/aromatic N) is 1. The molecule has 1 fully saturated rings. The van der Waals surface area contributed by atoms with Gasteiger partial charge in [0.15, 0.2) is 0 Å². The Morgan fingerprint density at radius 1 is 1.42 bits per heavy atom. The van der Waals surface area contributed by atoms with Gasteiger partial charge in [-0.15, -0.1) is 0 Å². The third kappa shape index (κ3) is 2.29. The van der Waals surface area contributed by atoms with Crippen LogP contribution in [0.25, 0.3) is 0 Å². The number of amides is 1. The van der Waals surface area contributed by atoms with E-state index in [0.29, 0.717) is 0 Å². The summed E-state index contributed by atoms with van der Waals surface area (Å²) in [5, 5.41) is 2.88. The zero-order chi connectivity index (χ0) is 8.97. The van der Waals surface area contributed by atoms with Gasteiger partial charge in [-0.2, -0.15) is 5.53 Å². The molecule has 4 heteroatoms. The van der Waals surface area contributed by atoms with Crippen LogP contribution in [0.5, 0.6) is 0 Å². The highest BCUT2D eigenvalue weighted by Crippen LogP contribution is 2.28. The van der Waals surface area contributed by atoms with Crippen molar-refractivity contribution >= 4 is 5.91 Å². The van der Waals surface area contributed by atoms with Crippen molar-refractivity contribution in [3.8, 4) is 0 Å². The maximum absolute atomic E-state index is 11.2. The van der Waals surface area contributed by atoms with E-state index < -0.39 is 0 Å². The lowest BCUT2D eigenvalue weighted by molar-refractivity contribution is -0.126. The van der Waals surface area contributed by atoms with Crippen molar-refractivity contribution in [2.45, 2.75) is 32.6 Å². The van der Waals surface area contributed by atoms with Gasteiger partial charge in [-0.3, -0.25) is 4.79 Å². The standard InChI is InChI=1S/C8H15N3O/c1-6-2-4-7(5-3-6)8(12)10-11-9/h6-7H,2-5H2,1H3,(H2,9,10,12). The van der Waals surface area contributed by atoms with E-state index in [1.165, 1.54) is 0 Å². The second-order valence-electron chi connectivity index (χ2n) is 3.54. The van der Waals surface area contributed by atoms with Crippen LogP contribution >= 0.6 is 0 Å². The fraction of sp³-hybridized carbons (Fsp3) is 0.875. The van der Waals surface area contributed by atoms with Gasteiger partial charge >= 0.3 is 0 Å². The zero-order valence-electron chi connectivity index (χ0n) is 7.34. The Balaban J connectivity index is 2.33. The first-order chi connectivity index (χ1) is 5.74. The van der Waals surface area contributed by atoms with Crippen LogP contribution in [-0.4, -0.2) is 5.91 Å². The van der Waals surface area contributed by atoms with E-state index >= 15 is 0 Å². The summed E-state index contributed by atoms with van der Waals surface area (Å²) in [5.41, 5.74) is 8.67. The molecule has 12 heavy (non-hydrogen) atoms. The molecule has 0 aromatic carbocycles. The minimum absolute atomic E-state index is 0.0862. The molecular weight excluding hydrogens is 154 g/mol. The largest absolute Gasteiger partial charge is 0.273 e. The molecular formula is C8H15N3O. The highest BCUT2D eigenvalue weighted by atomic mass is 16.2. The van der Waals surface area contributed by atoms with Gasteiger partial charge in [0.1, 0.15) is 0 Å². The van der Waals surface area contributed by atoms with Gasteiger partial charge < -0.3 is 0 Å². The lowest BCUT2D eigenvalue weighted by Gasteiger charge is -2.23. The van der Waals surface area contributed by atoms with Crippen LogP contribution in [0.15, 0.2) is 5.22 Å². The van der Waals surface area contributed by atoms with Crippen molar-refractivity contribution < 1.29 is 4.79 Å². The quantitative estimate of drug-likeness (QED) is 0.481. The van der Waals surface area contributed by atoms with Crippen LogP contribution in [-0.2, 0) is 4.79 Å². The number of rotatable bonds is 2. The summed E-state index contributed by atoms with van der Waals surface area (Å²) in [6, 6.07) is 0. The number of hydrogen-bond donors (Lipinski definition) is 2. The average Bonchev–Trinajstić information content (AvgIpc) is 2.06. The molecule has 0 unspecified atom stereocenters. The Morgan fingerprint density at radius 3 is 2.50 bits per heavy atom. The van der Waals surface area contributed by atoms with Crippen molar-refractivity contribution in [1.82, 2.24) is 5.43 Å². The number of carbonyl (C=O) groups excluding carboxylic acids is 1. The fourth-order valence-electron chi connectivity index (χ4n) is 1.67. The smallest absolute Gasteiger partial charge is 0.244 e. The molecule has 0 aromatic heterocycles. The van der Waals surface area contributed by atoms with E-state index in [9.17, 15) is 4.79 Å². The van der Waals surface area contributed by atoms with Crippen molar-refractivity contribution in [3.63, 3.8) is 0 Å². The lowest BCUT2D eigenvalue weighted by Crippen LogP contribution is -2.29. The number of nitrogens with one attached hydrogen (secondary N) is 2. The fourth-order valence-corrected chi connectivity index (χ4v) is 1.67. The van der Waals surface area contributed by atoms with E-state index in [1.54, 1.807) is 0 Å². The minimum atomic E-state index is -0.0862. The summed E-state index contributed by atoms with van der Waals surface area (Å²) in [6.07, 6.45) is 4.14. The predicted octanol–water partition coefficient (Wildman–Crippen LogP) is 1.87. The third-order valence-corrected chi connectivity index (χ3v) is 2.55. The Kier molecular flexibility index (Phi) is 3.19. The first-order valence-corrected chi connectivity index (χ1v) is 4.40. The van der Waals surface area contributed by atoms with E-state index in [2.05, 4.69) is 17.6 Å². The Hall–Kier alpha value is -0.930. The van der Waals surface area contributed by atoms with E-state index in [-0.39, 0.29) is 11.8 Å². The Morgan fingerprint density at radius 2 is 2.00 bits per heavy atom. The van der Waals surface area contributed by atoms with Crippen LogP contribution in [0.3, 0.4) is 0 Å². The van der Waals surface area contributed by atoms with Gasteiger partial charge in [-0.1, -0.05) is 12.1 Å². The summed E-state index contributed by atoms with van der Waals surface area (Å²) in [4.78, 5) is 11.2. The molecule has 1 amide bonds. The van der Waals surface area contributed by atoms with Crippen molar-refractivity contribution in [3.05, 3.63) is 0 Å². The number of hydrogen-bond acceptors (Lipinski definition) is 3. The van der Waals surface area contributed by atoms with Crippen LogP contribution in [0.2, 0.25) is 0 Å². The van der Waals surface area contributed by atoms with Gasteiger partial charge in [0.05, 0.1) is 0 Å². The minimum Gasteiger partial charge on any atom is -0.273 e. The Labute approximate surface area is 72.2 Å². The van der Waals surface area contributed by atoms with Crippen molar-refractivity contribution in [2.75, 3.05) is 0 Å². The molecule has 1 rings (SSSR count). The molecule has 1 aliphatic carbocycles. The van der Waals surface area contributed by atoms with E-state index in [1.807, 2.05) is 0 Å². The summed E-state index contributed by atoms with van der Waals surface area (Å²) >= 11 is 0. The summed E-state index contributed by atoms with van der Waals surface area (Å²) < 4.78 is 0. The molecule has 0 saturated heterocycles. The van der Waals surface area contributed by atoms with Gasteiger partial charge in [0.25, 0.3) is 0 Å². The number of carbonyl (C=O) groups is 1. The molecule has 0 heterocycles. The molecule has 68 valence electrons. The SMILES string of the molecule is CC1CCC(C(=O)NN=N)CC1. The molecule has 0 spiro atoms. The second-order valence-corrected chi connectivity index (χ2v) is 3.54. The Bertz CT molecular complexity index is 173. The zero-order valence-corrected chi connectivity index (χ0v) is 7.34. The molecule has 1 aliphatic rings. The normalized spacial score (nSPS) is 29.4. The maximum atomic E-state index is 11.2. The molecule has 0 aromatic rings. The topological polar surface area (TPSA) is 65.3 Å². The molecule has 0 radical (unpaired) electrons. The molecule has 1 saturated carbocycles. The summed E-state index contributed by atoms with van der Waals surface area (Å²) in [6.45, 7) is 2.21. The van der Waals surface area contributed by atoms with Crippen LogP contribution in [0.1, 0.15) is 32.6 Å². The first-order valence-electron chi connectivity index (χ1n) is 4.40. The van der Waals surface area contributed by atoms with Crippen molar-refractivity contribution in [1.29, 1.82) is 5.53 Å². The summed E-state index contributed by atoms with van der Waals surface area (Å²) in [7, 11) is 0. The first kappa shape index (κ1) is 9.16. The monoisotopic (exact) mass is 169 g/mol. The average molecular weight is 169 g/mol. The van der Waals surface area contributed by atoms with E-state index in [0.717, 1.165) is 31.6 Å². The maximum Gasteiger partial charge on any atom is 0.244 e.